The van der Waals surface area contributed by atoms with Gasteiger partial charge in [0.05, 0.1) is 12.0 Å². The zero-order chi connectivity index (χ0) is 15.3. The average molecular weight is 290 g/mol. The smallest absolute Gasteiger partial charge is 0.309 e. The number of carboxylic acids is 1. The standard InChI is InChI=1S/C16H22N2O3/c1-16(15(20)21)7-9-18(10-8-16)12-14(19)17-11-13-5-3-2-4-6-13/h2-6H,7-12H2,1H3,(H,17,19)(H,20,21). The molecule has 0 radical (unpaired) electrons. The maximum Gasteiger partial charge on any atom is 0.309 e. The molecule has 21 heavy (non-hydrogen) atoms. The fourth-order valence-corrected chi connectivity index (χ4v) is 2.47. The van der Waals surface area contributed by atoms with Crippen LogP contribution in [0.25, 0.3) is 0 Å². The number of nitrogens with zero attached hydrogens (tertiary/aromatic N) is 1. The fourth-order valence-electron chi connectivity index (χ4n) is 2.47. The third-order valence-corrected chi connectivity index (χ3v) is 4.18. The molecule has 1 amide bonds. The highest BCUT2D eigenvalue weighted by molar-refractivity contribution is 5.78. The van der Waals surface area contributed by atoms with E-state index in [-0.39, 0.29) is 5.91 Å². The van der Waals surface area contributed by atoms with Gasteiger partial charge in [-0.3, -0.25) is 14.5 Å². The number of carbonyl (C=O) groups is 2. The molecule has 1 aliphatic rings. The summed E-state index contributed by atoms with van der Waals surface area (Å²) < 4.78 is 0. The van der Waals surface area contributed by atoms with Gasteiger partial charge in [0.15, 0.2) is 0 Å². The molecule has 0 bridgehead atoms. The van der Waals surface area contributed by atoms with E-state index in [0.717, 1.165) is 5.56 Å². The van der Waals surface area contributed by atoms with Gasteiger partial charge in [-0.15, -0.1) is 0 Å². The van der Waals surface area contributed by atoms with Crippen LogP contribution in [0, 0.1) is 5.41 Å². The van der Waals surface area contributed by atoms with Crippen molar-refractivity contribution in [3.8, 4) is 0 Å². The Morgan fingerprint density at radius 3 is 2.43 bits per heavy atom. The molecule has 0 aromatic heterocycles. The first kappa shape index (κ1) is 15.5. The van der Waals surface area contributed by atoms with Crippen molar-refractivity contribution in [3.05, 3.63) is 35.9 Å². The van der Waals surface area contributed by atoms with E-state index in [2.05, 4.69) is 5.32 Å². The average Bonchev–Trinajstić information content (AvgIpc) is 2.49. The first-order valence-electron chi connectivity index (χ1n) is 7.26. The summed E-state index contributed by atoms with van der Waals surface area (Å²) in [5.74, 6) is -0.756. The van der Waals surface area contributed by atoms with Gasteiger partial charge in [-0.25, -0.2) is 0 Å². The Hall–Kier alpha value is -1.88. The van der Waals surface area contributed by atoms with Gasteiger partial charge in [0.1, 0.15) is 0 Å². The number of amides is 1. The largest absolute Gasteiger partial charge is 0.481 e. The molecule has 1 aliphatic heterocycles. The summed E-state index contributed by atoms with van der Waals surface area (Å²) in [4.78, 5) is 25.1. The van der Waals surface area contributed by atoms with Crippen molar-refractivity contribution in [1.29, 1.82) is 0 Å². The molecule has 2 N–H and O–H groups in total. The molecule has 0 saturated carbocycles. The number of carbonyl (C=O) groups excluding carboxylic acids is 1. The van der Waals surface area contributed by atoms with Gasteiger partial charge < -0.3 is 10.4 Å². The predicted molar refractivity (Wildman–Crippen MR) is 79.7 cm³/mol. The molecule has 1 aromatic carbocycles. The van der Waals surface area contributed by atoms with Crippen LogP contribution in [-0.2, 0) is 16.1 Å². The fraction of sp³-hybridized carbons (Fsp3) is 0.500. The zero-order valence-corrected chi connectivity index (χ0v) is 12.3. The van der Waals surface area contributed by atoms with E-state index in [1.54, 1.807) is 6.92 Å². The minimum absolute atomic E-state index is 0.0159. The Morgan fingerprint density at radius 2 is 1.86 bits per heavy atom. The first-order chi connectivity index (χ1) is 9.99. The lowest BCUT2D eigenvalue weighted by Crippen LogP contribution is -2.46. The van der Waals surface area contributed by atoms with Crippen LogP contribution in [0.1, 0.15) is 25.3 Å². The van der Waals surface area contributed by atoms with E-state index in [1.165, 1.54) is 0 Å². The van der Waals surface area contributed by atoms with E-state index < -0.39 is 11.4 Å². The molecule has 5 nitrogen and oxygen atoms in total. The summed E-state index contributed by atoms with van der Waals surface area (Å²) in [5.41, 5.74) is 0.430. The van der Waals surface area contributed by atoms with Crippen LogP contribution in [0.2, 0.25) is 0 Å². The number of carboxylic acid groups (broad SMARTS) is 1. The number of likely N-dealkylation sites (tertiary alicyclic amines) is 1. The van der Waals surface area contributed by atoms with E-state index in [1.807, 2.05) is 35.2 Å². The molecule has 2 rings (SSSR count). The second-order valence-electron chi connectivity index (χ2n) is 5.90. The van der Waals surface area contributed by atoms with Gasteiger partial charge in [0, 0.05) is 6.54 Å². The number of rotatable bonds is 5. The predicted octanol–water partition coefficient (Wildman–Crippen LogP) is 1.49. The number of hydrogen-bond donors (Lipinski definition) is 2. The van der Waals surface area contributed by atoms with Crippen LogP contribution in [0.3, 0.4) is 0 Å². The van der Waals surface area contributed by atoms with Gasteiger partial charge in [-0.1, -0.05) is 30.3 Å². The summed E-state index contributed by atoms with van der Waals surface area (Å²) in [6.45, 7) is 3.95. The van der Waals surface area contributed by atoms with Crippen molar-refractivity contribution >= 4 is 11.9 Å². The van der Waals surface area contributed by atoms with Crippen LogP contribution < -0.4 is 5.32 Å². The van der Waals surface area contributed by atoms with Crippen molar-refractivity contribution in [3.63, 3.8) is 0 Å². The third-order valence-electron chi connectivity index (χ3n) is 4.18. The quantitative estimate of drug-likeness (QED) is 0.862. The highest BCUT2D eigenvalue weighted by Gasteiger charge is 2.37. The Morgan fingerprint density at radius 1 is 1.24 bits per heavy atom. The van der Waals surface area contributed by atoms with Crippen molar-refractivity contribution in [2.45, 2.75) is 26.3 Å². The summed E-state index contributed by atoms with van der Waals surface area (Å²) in [6.07, 6.45) is 1.18. The SMILES string of the molecule is CC1(C(=O)O)CCN(CC(=O)NCc2ccccc2)CC1. The zero-order valence-electron chi connectivity index (χ0n) is 12.3. The summed E-state index contributed by atoms with van der Waals surface area (Å²) in [5, 5.41) is 12.1. The van der Waals surface area contributed by atoms with Gasteiger partial charge in [0.2, 0.25) is 5.91 Å². The molecule has 0 aliphatic carbocycles. The molecule has 0 atom stereocenters. The molecule has 1 fully saturated rings. The molecule has 5 heteroatoms. The Bertz CT molecular complexity index is 494. The second kappa shape index (κ2) is 6.72. The van der Waals surface area contributed by atoms with E-state index in [4.69, 9.17) is 0 Å². The van der Waals surface area contributed by atoms with Crippen molar-refractivity contribution in [2.24, 2.45) is 5.41 Å². The molecular weight excluding hydrogens is 268 g/mol. The topological polar surface area (TPSA) is 69.6 Å². The van der Waals surface area contributed by atoms with Crippen LogP contribution >= 0.6 is 0 Å². The Labute approximate surface area is 125 Å². The summed E-state index contributed by atoms with van der Waals surface area (Å²) in [7, 11) is 0. The number of benzene rings is 1. The molecule has 1 saturated heterocycles. The normalized spacial score (nSPS) is 18.1. The van der Waals surface area contributed by atoms with Crippen molar-refractivity contribution in [1.82, 2.24) is 10.2 Å². The van der Waals surface area contributed by atoms with Crippen LogP contribution in [0.4, 0.5) is 0 Å². The van der Waals surface area contributed by atoms with Gasteiger partial charge in [-0.05, 0) is 38.4 Å². The second-order valence-corrected chi connectivity index (χ2v) is 5.90. The molecule has 1 heterocycles. The van der Waals surface area contributed by atoms with E-state index in [9.17, 15) is 14.7 Å². The lowest BCUT2D eigenvalue weighted by molar-refractivity contribution is -0.150. The number of aliphatic carboxylic acids is 1. The summed E-state index contributed by atoms with van der Waals surface area (Å²) in [6, 6.07) is 9.77. The van der Waals surface area contributed by atoms with E-state index in [0.29, 0.717) is 39.0 Å². The maximum absolute atomic E-state index is 11.9. The molecule has 1 aromatic rings. The lowest BCUT2D eigenvalue weighted by atomic mass is 9.80. The Balaban J connectivity index is 1.73. The molecular formula is C16H22N2O3. The highest BCUT2D eigenvalue weighted by Crippen LogP contribution is 2.30. The van der Waals surface area contributed by atoms with Gasteiger partial charge >= 0.3 is 5.97 Å². The molecule has 0 unspecified atom stereocenters. The minimum Gasteiger partial charge on any atom is -0.481 e. The lowest BCUT2D eigenvalue weighted by Gasteiger charge is -2.36. The number of piperidine rings is 1. The van der Waals surface area contributed by atoms with E-state index >= 15 is 0 Å². The van der Waals surface area contributed by atoms with Crippen LogP contribution in [0.5, 0.6) is 0 Å². The monoisotopic (exact) mass is 290 g/mol. The highest BCUT2D eigenvalue weighted by atomic mass is 16.4. The number of hydrogen-bond acceptors (Lipinski definition) is 3. The van der Waals surface area contributed by atoms with Gasteiger partial charge in [-0.2, -0.15) is 0 Å². The third kappa shape index (κ3) is 4.29. The molecule has 0 spiro atoms. The van der Waals surface area contributed by atoms with Crippen molar-refractivity contribution < 1.29 is 14.7 Å². The van der Waals surface area contributed by atoms with Gasteiger partial charge in [0.25, 0.3) is 0 Å². The Kier molecular flexibility index (Phi) is 4.96. The van der Waals surface area contributed by atoms with Crippen molar-refractivity contribution in [2.75, 3.05) is 19.6 Å². The minimum atomic E-state index is -0.740. The van der Waals surface area contributed by atoms with Crippen LogP contribution in [-0.4, -0.2) is 41.5 Å². The number of nitrogens with one attached hydrogen (secondary N) is 1. The van der Waals surface area contributed by atoms with Crippen LogP contribution in [0.15, 0.2) is 30.3 Å². The first-order valence-corrected chi connectivity index (χ1v) is 7.26. The summed E-state index contributed by atoms with van der Waals surface area (Å²) >= 11 is 0. The molecule has 114 valence electrons. The maximum atomic E-state index is 11.9.